The van der Waals surface area contributed by atoms with Crippen LogP contribution in [-0.2, 0) is 11.3 Å². The van der Waals surface area contributed by atoms with Gasteiger partial charge in [0.05, 0.1) is 6.33 Å². The number of rotatable bonds is 3. The smallest absolute Gasteiger partial charge is 0.412 e. The average Bonchev–Trinajstić information content (AvgIpc) is 2.85. The first kappa shape index (κ1) is 15.1. The van der Waals surface area contributed by atoms with Crippen LogP contribution in [0.3, 0.4) is 0 Å². The normalized spacial score (nSPS) is 11.2. The Labute approximate surface area is 125 Å². The van der Waals surface area contributed by atoms with Gasteiger partial charge in [-0.2, -0.15) is 0 Å². The molecule has 0 atom stereocenters. The van der Waals surface area contributed by atoms with Crippen molar-refractivity contribution in [1.82, 2.24) is 9.55 Å². The highest BCUT2D eigenvalue weighted by molar-refractivity contribution is 5.86. The fourth-order valence-electron chi connectivity index (χ4n) is 1.98. The van der Waals surface area contributed by atoms with Gasteiger partial charge < -0.3 is 9.30 Å². The second kappa shape index (κ2) is 5.99. The molecule has 0 saturated carbocycles. The zero-order valence-electron chi connectivity index (χ0n) is 12.9. The molecular weight excluding hydrogens is 266 g/mol. The van der Waals surface area contributed by atoms with Crippen molar-refractivity contribution in [3.05, 3.63) is 48.0 Å². The van der Waals surface area contributed by atoms with E-state index in [1.54, 1.807) is 12.5 Å². The van der Waals surface area contributed by atoms with E-state index >= 15 is 0 Å². The van der Waals surface area contributed by atoms with Crippen molar-refractivity contribution in [2.75, 3.05) is 5.32 Å². The summed E-state index contributed by atoms with van der Waals surface area (Å²) in [5, 5.41) is 2.80. The third-order valence-corrected chi connectivity index (χ3v) is 2.99. The number of carbonyl (C=O) groups excluding carboxylic acids is 1. The quantitative estimate of drug-likeness (QED) is 0.938. The summed E-state index contributed by atoms with van der Waals surface area (Å²) in [5.41, 5.74) is 2.41. The summed E-state index contributed by atoms with van der Waals surface area (Å²) in [6.07, 6.45) is 4.99. The lowest BCUT2D eigenvalue weighted by Gasteiger charge is -2.20. The minimum Gasteiger partial charge on any atom is -0.444 e. The van der Waals surface area contributed by atoms with Gasteiger partial charge in [-0.15, -0.1) is 0 Å². The Morgan fingerprint density at radius 2 is 2.14 bits per heavy atom. The zero-order valence-corrected chi connectivity index (χ0v) is 12.9. The monoisotopic (exact) mass is 287 g/mol. The number of carbonyl (C=O) groups is 1. The van der Waals surface area contributed by atoms with E-state index in [0.29, 0.717) is 0 Å². The highest BCUT2D eigenvalue weighted by Crippen LogP contribution is 2.21. The standard InChI is InChI=1S/C16H21N3O2/c1-12-13(10-19-9-8-17-11-19)6-5-7-14(12)18-15(20)21-16(2,3)4/h5-9,11H,10H2,1-4H3,(H,18,20). The molecule has 0 fully saturated rings. The van der Waals surface area contributed by atoms with Crippen molar-refractivity contribution in [2.45, 2.75) is 39.8 Å². The molecule has 2 rings (SSSR count). The molecule has 0 spiro atoms. The van der Waals surface area contributed by atoms with E-state index < -0.39 is 11.7 Å². The van der Waals surface area contributed by atoms with Gasteiger partial charge in [-0.3, -0.25) is 5.32 Å². The summed E-state index contributed by atoms with van der Waals surface area (Å²) in [7, 11) is 0. The van der Waals surface area contributed by atoms with Crippen molar-refractivity contribution in [2.24, 2.45) is 0 Å². The first-order chi connectivity index (χ1) is 9.85. The predicted octanol–water partition coefficient (Wildman–Crippen LogP) is 3.59. The maximum Gasteiger partial charge on any atom is 0.412 e. The summed E-state index contributed by atoms with van der Waals surface area (Å²) in [6, 6.07) is 5.83. The Bertz CT molecular complexity index is 613. The number of ether oxygens (including phenoxy) is 1. The third-order valence-electron chi connectivity index (χ3n) is 2.99. The summed E-state index contributed by atoms with van der Waals surface area (Å²) in [4.78, 5) is 15.9. The van der Waals surface area contributed by atoms with Gasteiger partial charge in [0, 0.05) is 24.6 Å². The van der Waals surface area contributed by atoms with Crippen LogP contribution in [-0.4, -0.2) is 21.2 Å². The van der Waals surface area contributed by atoms with Crippen molar-refractivity contribution in [3.8, 4) is 0 Å². The van der Waals surface area contributed by atoms with Gasteiger partial charge in [0.2, 0.25) is 0 Å². The third kappa shape index (κ3) is 4.34. The first-order valence-corrected chi connectivity index (χ1v) is 6.89. The molecule has 21 heavy (non-hydrogen) atoms. The summed E-state index contributed by atoms with van der Waals surface area (Å²) in [6.45, 7) is 8.23. The van der Waals surface area contributed by atoms with Crippen molar-refractivity contribution in [3.63, 3.8) is 0 Å². The van der Waals surface area contributed by atoms with Crippen LogP contribution in [0.25, 0.3) is 0 Å². The van der Waals surface area contributed by atoms with Gasteiger partial charge in [-0.05, 0) is 44.9 Å². The SMILES string of the molecule is Cc1c(Cn2ccnc2)cccc1NC(=O)OC(C)(C)C. The Balaban J connectivity index is 2.12. The number of imidazole rings is 1. The van der Waals surface area contributed by atoms with Gasteiger partial charge in [-0.25, -0.2) is 9.78 Å². The first-order valence-electron chi connectivity index (χ1n) is 6.89. The number of benzene rings is 1. The van der Waals surface area contributed by atoms with Crippen LogP contribution in [0.5, 0.6) is 0 Å². The number of aromatic nitrogens is 2. The van der Waals surface area contributed by atoms with Crippen LogP contribution in [0.4, 0.5) is 10.5 Å². The van der Waals surface area contributed by atoms with E-state index in [1.807, 2.05) is 56.7 Å². The summed E-state index contributed by atoms with van der Waals surface area (Å²) >= 11 is 0. The van der Waals surface area contributed by atoms with E-state index in [1.165, 1.54) is 0 Å². The fourth-order valence-corrected chi connectivity index (χ4v) is 1.98. The molecule has 112 valence electrons. The number of amides is 1. The predicted molar refractivity (Wildman–Crippen MR) is 82.4 cm³/mol. The van der Waals surface area contributed by atoms with E-state index in [-0.39, 0.29) is 0 Å². The molecule has 1 aromatic carbocycles. The van der Waals surface area contributed by atoms with Gasteiger partial charge in [0.15, 0.2) is 0 Å². The highest BCUT2D eigenvalue weighted by atomic mass is 16.6. The van der Waals surface area contributed by atoms with Crippen LogP contribution in [0.2, 0.25) is 0 Å². The highest BCUT2D eigenvalue weighted by Gasteiger charge is 2.17. The Hall–Kier alpha value is -2.30. The summed E-state index contributed by atoms with van der Waals surface area (Å²) in [5.74, 6) is 0. The Morgan fingerprint density at radius 1 is 1.38 bits per heavy atom. The maximum absolute atomic E-state index is 11.9. The maximum atomic E-state index is 11.9. The molecule has 2 aromatic rings. The van der Waals surface area contributed by atoms with E-state index in [9.17, 15) is 4.79 Å². The van der Waals surface area contributed by atoms with Crippen LogP contribution in [0.1, 0.15) is 31.9 Å². The molecule has 0 unspecified atom stereocenters. The molecule has 5 heteroatoms. The topological polar surface area (TPSA) is 56.2 Å². The molecule has 0 aliphatic heterocycles. The number of anilines is 1. The second-order valence-corrected chi connectivity index (χ2v) is 5.95. The van der Waals surface area contributed by atoms with Crippen LogP contribution >= 0.6 is 0 Å². The van der Waals surface area contributed by atoms with Gasteiger partial charge in [0.25, 0.3) is 0 Å². The van der Waals surface area contributed by atoms with E-state index in [0.717, 1.165) is 23.4 Å². The van der Waals surface area contributed by atoms with Crippen molar-refractivity contribution < 1.29 is 9.53 Å². The lowest BCUT2D eigenvalue weighted by molar-refractivity contribution is 0.0636. The number of hydrogen-bond donors (Lipinski definition) is 1. The molecule has 1 aromatic heterocycles. The molecule has 1 heterocycles. The second-order valence-electron chi connectivity index (χ2n) is 5.95. The number of nitrogens with one attached hydrogen (secondary N) is 1. The lowest BCUT2D eigenvalue weighted by Crippen LogP contribution is -2.27. The molecular formula is C16H21N3O2. The average molecular weight is 287 g/mol. The van der Waals surface area contributed by atoms with E-state index in [2.05, 4.69) is 10.3 Å². The van der Waals surface area contributed by atoms with E-state index in [4.69, 9.17) is 4.74 Å². The number of hydrogen-bond acceptors (Lipinski definition) is 3. The molecule has 1 N–H and O–H groups in total. The Kier molecular flexibility index (Phi) is 4.31. The molecule has 5 nitrogen and oxygen atoms in total. The minimum atomic E-state index is -0.508. The van der Waals surface area contributed by atoms with Gasteiger partial charge >= 0.3 is 6.09 Å². The Morgan fingerprint density at radius 3 is 2.76 bits per heavy atom. The number of nitrogens with zero attached hydrogens (tertiary/aromatic N) is 2. The summed E-state index contributed by atoms with van der Waals surface area (Å²) < 4.78 is 7.26. The van der Waals surface area contributed by atoms with Gasteiger partial charge in [-0.1, -0.05) is 12.1 Å². The van der Waals surface area contributed by atoms with Crippen LogP contribution in [0.15, 0.2) is 36.9 Å². The largest absolute Gasteiger partial charge is 0.444 e. The lowest BCUT2D eigenvalue weighted by atomic mass is 10.1. The molecule has 1 amide bonds. The molecule has 0 saturated heterocycles. The fraction of sp³-hybridized carbons (Fsp3) is 0.375. The van der Waals surface area contributed by atoms with Crippen molar-refractivity contribution in [1.29, 1.82) is 0 Å². The minimum absolute atomic E-state index is 0.439. The van der Waals surface area contributed by atoms with Crippen LogP contribution < -0.4 is 5.32 Å². The molecule has 0 aliphatic rings. The molecule has 0 aliphatic carbocycles. The molecule has 0 bridgehead atoms. The molecule has 0 radical (unpaired) electrons. The van der Waals surface area contributed by atoms with Gasteiger partial charge in [0.1, 0.15) is 5.60 Å². The van der Waals surface area contributed by atoms with Crippen molar-refractivity contribution >= 4 is 11.8 Å². The van der Waals surface area contributed by atoms with Crippen LogP contribution in [0, 0.1) is 6.92 Å². The zero-order chi connectivity index (χ0) is 15.5.